The van der Waals surface area contributed by atoms with Crippen LogP contribution >= 0.6 is 0 Å². The zero-order valence-corrected chi connectivity index (χ0v) is 15.0. The largest absolute Gasteiger partial charge is 0.468 e. The number of hydrogen-bond donors (Lipinski definition) is 1. The summed E-state index contributed by atoms with van der Waals surface area (Å²) >= 11 is 0. The molecule has 0 aliphatic carbocycles. The molecule has 0 bridgehead atoms. The highest BCUT2D eigenvalue weighted by Crippen LogP contribution is 2.26. The van der Waals surface area contributed by atoms with E-state index in [4.69, 9.17) is 13.6 Å². The van der Waals surface area contributed by atoms with Gasteiger partial charge in [0.15, 0.2) is 5.76 Å². The first-order valence-electron chi connectivity index (χ1n) is 8.95. The van der Waals surface area contributed by atoms with Crippen LogP contribution in [-0.2, 0) is 4.74 Å². The van der Waals surface area contributed by atoms with Gasteiger partial charge in [-0.25, -0.2) is 4.39 Å². The lowest BCUT2D eigenvalue weighted by atomic mass is 10.1. The summed E-state index contributed by atoms with van der Waals surface area (Å²) in [4.78, 5) is 14.9. The molecule has 0 spiro atoms. The van der Waals surface area contributed by atoms with Gasteiger partial charge in [-0.3, -0.25) is 9.69 Å². The number of furan rings is 2. The van der Waals surface area contributed by atoms with Crippen molar-refractivity contribution in [1.82, 2.24) is 10.2 Å². The Hall–Kier alpha value is -2.64. The summed E-state index contributed by atoms with van der Waals surface area (Å²) in [5.74, 6) is 0.314. The van der Waals surface area contributed by atoms with Crippen molar-refractivity contribution in [3.63, 3.8) is 0 Å². The smallest absolute Gasteiger partial charge is 0.287 e. The number of hydrogen-bond acceptors (Lipinski definition) is 5. The first-order chi connectivity index (χ1) is 13.1. The maximum atomic E-state index is 13.5. The summed E-state index contributed by atoms with van der Waals surface area (Å²) in [6.45, 7) is 4.97. The molecule has 3 aromatic rings. The van der Waals surface area contributed by atoms with E-state index in [1.54, 1.807) is 13.2 Å². The summed E-state index contributed by atoms with van der Waals surface area (Å²) in [6, 6.07) is 7.88. The minimum absolute atomic E-state index is 0.0880. The van der Waals surface area contributed by atoms with Crippen LogP contribution in [0.1, 0.15) is 27.9 Å². The first-order valence-corrected chi connectivity index (χ1v) is 8.95. The first kappa shape index (κ1) is 17.8. The molecule has 7 heteroatoms. The Morgan fingerprint density at radius 1 is 1.30 bits per heavy atom. The lowest BCUT2D eigenvalue weighted by Crippen LogP contribution is -2.43. The van der Waals surface area contributed by atoms with Crippen molar-refractivity contribution in [2.24, 2.45) is 0 Å². The van der Waals surface area contributed by atoms with E-state index in [1.165, 1.54) is 18.2 Å². The average molecular weight is 372 g/mol. The van der Waals surface area contributed by atoms with Gasteiger partial charge in [-0.1, -0.05) is 0 Å². The van der Waals surface area contributed by atoms with Crippen LogP contribution in [0.25, 0.3) is 11.0 Å². The molecule has 1 aromatic carbocycles. The Kier molecular flexibility index (Phi) is 4.96. The number of fused-ring (bicyclic) bond motifs is 1. The molecule has 27 heavy (non-hydrogen) atoms. The van der Waals surface area contributed by atoms with E-state index in [2.05, 4.69) is 10.2 Å². The van der Waals surface area contributed by atoms with Crippen molar-refractivity contribution in [2.75, 3.05) is 32.8 Å². The van der Waals surface area contributed by atoms with Crippen LogP contribution < -0.4 is 5.32 Å². The minimum atomic E-state index is -0.358. The van der Waals surface area contributed by atoms with Gasteiger partial charge in [0.05, 0.1) is 25.5 Å². The lowest BCUT2D eigenvalue weighted by Gasteiger charge is -2.33. The van der Waals surface area contributed by atoms with E-state index in [9.17, 15) is 9.18 Å². The fraction of sp³-hybridized carbons (Fsp3) is 0.350. The Morgan fingerprint density at radius 2 is 2.11 bits per heavy atom. The molecule has 1 atom stereocenters. The summed E-state index contributed by atoms with van der Waals surface area (Å²) in [5, 5.41) is 3.54. The second-order valence-corrected chi connectivity index (χ2v) is 6.59. The van der Waals surface area contributed by atoms with Crippen LogP contribution in [-0.4, -0.2) is 43.7 Å². The van der Waals surface area contributed by atoms with Gasteiger partial charge in [0.2, 0.25) is 0 Å². The van der Waals surface area contributed by atoms with Crippen LogP contribution in [0.3, 0.4) is 0 Å². The number of rotatable bonds is 5. The predicted octanol–water partition coefficient (Wildman–Crippen LogP) is 3.28. The molecule has 1 aliphatic heterocycles. The van der Waals surface area contributed by atoms with E-state index in [0.717, 1.165) is 18.8 Å². The molecule has 1 amide bonds. The van der Waals surface area contributed by atoms with Crippen molar-refractivity contribution in [3.8, 4) is 0 Å². The molecule has 1 fully saturated rings. The number of aryl methyl sites for hydroxylation is 1. The van der Waals surface area contributed by atoms with E-state index >= 15 is 0 Å². The molecular weight excluding hydrogens is 351 g/mol. The molecule has 3 heterocycles. The van der Waals surface area contributed by atoms with Crippen molar-refractivity contribution in [3.05, 3.63) is 59.5 Å². The highest BCUT2D eigenvalue weighted by Gasteiger charge is 2.26. The molecule has 4 rings (SSSR count). The fourth-order valence-electron chi connectivity index (χ4n) is 3.46. The Balaban J connectivity index is 1.52. The highest BCUT2D eigenvalue weighted by molar-refractivity contribution is 5.98. The number of benzene rings is 1. The van der Waals surface area contributed by atoms with E-state index in [-0.39, 0.29) is 23.5 Å². The van der Waals surface area contributed by atoms with E-state index in [0.29, 0.717) is 36.3 Å². The van der Waals surface area contributed by atoms with Crippen molar-refractivity contribution in [2.45, 2.75) is 13.0 Å². The average Bonchev–Trinajstić information content (AvgIpc) is 3.32. The molecule has 6 nitrogen and oxygen atoms in total. The van der Waals surface area contributed by atoms with E-state index in [1.807, 2.05) is 12.1 Å². The number of amides is 1. The Labute approximate surface area is 155 Å². The molecule has 1 saturated heterocycles. The molecule has 0 unspecified atom stereocenters. The molecule has 142 valence electrons. The SMILES string of the molecule is Cc1c(C(=O)NC[C@@H](c2ccco2)N2CCOCC2)oc2ccc(F)cc12. The second kappa shape index (κ2) is 7.54. The zero-order chi connectivity index (χ0) is 18.8. The normalized spacial score (nSPS) is 16.5. The number of morpholine rings is 1. The van der Waals surface area contributed by atoms with Gasteiger partial charge in [0.1, 0.15) is 17.2 Å². The third-order valence-electron chi connectivity index (χ3n) is 4.92. The van der Waals surface area contributed by atoms with Crippen molar-refractivity contribution < 1.29 is 22.8 Å². The molecule has 2 aromatic heterocycles. The van der Waals surface area contributed by atoms with Crippen LogP contribution in [0.5, 0.6) is 0 Å². The monoisotopic (exact) mass is 372 g/mol. The molecule has 1 N–H and O–H groups in total. The van der Waals surface area contributed by atoms with Crippen LogP contribution in [0, 0.1) is 12.7 Å². The van der Waals surface area contributed by atoms with Gasteiger partial charge in [-0.15, -0.1) is 0 Å². The quantitative estimate of drug-likeness (QED) is 0.744. The molecule has 0 saturated carbocycles. The van der Waals surface area contributed by atoms with Gasteiger partial charge in [-0.2, -0.15) is 0 Å². The van der Waals surface area contributed by atoms with Gasteiger partial charge in [0, 0.05) is 30.6 Å². The zero-order valence-electron chi connectivity index (χ0n) is 15.0. The number of halogens is 1. The summed E-state index contributed by atoms with van der Waals surface area (Å²) in [7, 11) is 0. The highest BCUT2D eigenvalue weighted by atomic mass is 19.1. The second-order valence-electron chi connectivity index (χ2n) is 6.59. The van der Waals surface area contributed by atoms with E-state index < -0.39 is 0 Å². The van der Waals surface area contributed by atoms with Gasteiger partial charge >= 0.3 is 0 Å². The number of nitrogens with one attached hydrogen (secondary N) is 1. The van der Waals surface area contributed by atoms with Gasteiger partial charge in [-0.05, 0) is 37.3 Å². The third kappa shape index (κ3) is 3.61. The lowest BCUT2D eigenvalue weighted by molar-refractivity contribution is 0.0117. The number of carbonyl (C=O) groups excluding carboxylic acids is 1. The Morgan fingerprint density at radius 3 is 2.85 bits per heavy atom. The molecular formula is C20H21FN2O4. The summed E-state index contributed by atoms with van der Waals surface area (Å²) in [5.41, 5.74) is 1.12. The Bertz CT molecular complexity index is 929. The number of ether oxygens (including phenoxy) is 1. The van der Waals surface area contributed by atoms with Gasteiger partial charge in [0.25, 0.3) is 5.91 Å². The maximum Gasteiger partial charge on any atom is 0.287 e. The predicted molar refractivity (Wildman–Crippen MR) is 97.1 cm³/mol. The standard InChI is InChI=1S/C20H21FN2O4/c1-13-15-11-14(21)4-5-17(15)27-19(13)20(24)22-12-16(18-3-2-8-26-18)23-6-9-25-10-7-23/h2-5,8,11,16H,6-7,9-10,12H2,1H3,(H,22,24)/t16-/m0/s1. The molecule has 0 radical (unpaired) electrons. The number of carbonyl (C=O) groups is 1. The summed E-state index contributed by atoms with van der Waals surface area (Å²) in [6.07, 6.45) is 1.63. The van der Waals surface area contributed by atoms with Crippen molar-refractivity contribution in [1.29, 1.82) is 0 Å². The van der Waals surface area contributed by atoms with Crippen LogP contribution in [0.15, 0.2) is 45.4 Å². The topological polar surface area (TPSA) is 67.9 Å². The maximum absolute atomic E-state index is 13.5. The van der Waals surface area contributed by atoms with Crippen molar-refractivity contribution >= 4 is 16.9 Å². The molecule has 1 aliphatic rings. The van der Waals surface area contributed by atoms with Gasteiger partial charge < -0.3 is 18.9 Å². The third-order valence-corrected chi connectivity index (χ3v) is 4.92. The van der Waals surface area contributed by atoms with Crippen LogP contribution in [0.2, 0.25) is 0 Å². The van der Waals surface area contributed by atoms with Crippen LogP contribution in [0.4, 0.5) is 4.39 Å². The summed E-state index contributed by atoms with van der Waals surface area (Å²) < 4.78 is 30.1. The minimum Gasteiger partial charge on any atom is -0.468 e. The fourth-order valence-corrected chi connectivity index (χ4v) is 3.46. The number of nitrogens with zero attached hydrogens (tertiary/aromatic N) is 1.